The highest BCUT2D eigenvalue weighted by Gasteiger charge is 2.24. The van der Waals surface area contributed by atoms with Gasteiger partial charge < -0.3 is 9.80 Å². The number of amides is 1. The molecule has 0 N–H and O–H groups in total. The Bertz CT molecular complexity index is 960. The largest absolute Gasteiger partial charge is 0.339 e. The minimum absolute atomic E-state index is 0.122. The van der Waals surface area contributed by atoms with Gasteiger partial charge in [0.15, 0.2) is 5.82 Å². The molecule has 0 aliphatic carbocycles. The maximum Gasteiger partial charge on any atom is 0.227 e. The lowest BCUT2D eigenvalue weighted by atomic mass is 10.1. The van der Waals surface area contributed by atoms with Crippen LogP contribution >= 0.6 is 0 Å². The number of rotatable bonds is 4. The number of pyridine rings is 1. The van der Waals surface area contributed by atoms with Gasteiger partial charge in [-0.05, 0) is 24.6 Å². The van der Waals surface area contributed by atoms with Gasteiger partial charge in [0.25, 0.3) is 0 Å². The minimum atomic E-state index is 0.122. The second kappa shape index (κ2) is 7.80. The molecule has 7 heteroatoms. The van der Waals surface area contributed by atoms with Crippen molar-refractivity contribution in [3.05, 3.63) is 59.9 Å². The van der Waals surface area contributed by atoms with Gasteiger partial charge in [-0.2, -0.15) is 0 Å². The van der Waals surface area contributed by atoms with Crippen LogP contribution in [-0.2, 0) is 11.3 Å². The van der Waals surface area contributed by atoms with Crippen LogP contribution in [-0.4, -0.2) is 56.7 Å². The highest BCUT2D eigenvalue weighted by Crippen LogP contribution is 2.24. The highest BCUT2D eigenvalue weighted by molar-refractivity contribution is 5.73. The van der Waals surface area contributed by atoms with E-state index in [9.17, 15) is 4.79 Å². The van der Waals surface area contributed by atoms with Crippen LogP contribution < -0.4 is 4.90 Å². The number of carbonyl (C=O) groups is 1. The molecule has 1 aliphatic heterocycles. The molecule has 1 saturated heterocycles. The van der Waals surface area contributed by atoms with E-state index in [1.54, 1.807) is 13.1 Å². The SMILES string of the molecule is CC(=O)N1CCN(c2nnc(-c3cccnc3)n2Cc2cccc(C)c2)CC1. The van der Waals surface area contributed by atoms with Gasteiger partial charge >= 0.3 is 0 Å². The molecule has 0 atom stereocenters. The Morgan fingerprint density at radius 3 is 2.57 bits per heavy atom. The highest BCUT2D eigenvalue weighted by atomic mass is 16.2. The van der Waals surface area contributed by atoms with Crippen molar-refractivity contribution in [3.8, 4) is 11.4 Å². The van der Waals surface area contributed by atoms with E-state index in [1.807, 2.05) is 23.2 Å². The first-order valence-electron chi connectivity index (χ1n) is 9.51. The molecule has 0 bridgehead atoms. The molecule has 28 heavy (non-hydrogen) atoms. The molecule has 144 valence electrons. The molecule has 2 aromatic heterocycles. The summed E-state index contributed by atoms with van der Waals surface area (Å²) in [6.07, 6.45) is 3.57. The second-order valence-electron chi connectivity index (χ2n) is 7.13. The maximum absolute atomic E-state index is 11.6. The van der Waals surface area contributed by atoms with Crippen molar-refractivity contribution in [2.24, 2.45) is 0 Å². The normalized spacial score (nSPS) is 14.4. The minimum Gasteiger partial charge on any atom is -0.339 e. The van der Waals surface area contributed by atoms with Crippen LogP contribution in [0.2, 0.25) is 0 Å². The lowest BCUT2D eigenvalue weighted by Gasteiger charge is -2.34. The number of aryl methyl sites for hydroxylation is 1. The molecule has 0 saturated carbocycles. The zero-order valence-electron chi connectivity index (χ0n) is 16.2. The quantitative estimate of drug-likeness (QED) is 0.699. The maximum atomic E-state index is 11.6. The molecule has 0 radical (unpaired) electrons. The first-order chi connectivity index (χ1) is 13.6. The van der Waals surface area contributed by atoms with E-state index < -0.39 is 0 Å². The van der Waals surface area contributed by atoms with Gasteiger partial charge in [0.05, 0.1) is 6.54 Å². The van der Waals surface area contributed by atoms with Gasteiger partial charge in [0, 0.05) is 51.1 Å². The molecule has 0 unspecified atom stereocenters. The Hall–Kier alpha value is -3.22. The van der Waals surface area contributed by atoms with Gasteiger partial charge in [-0.3, -0.25) is 14.3 Å². The third-order valence-electron chi connectivity index (χ3n) is 5.08. The Balaban J connectivity index is 1.68. The Kier molecular flexibility index (Phi) is 5.06. The van der Waals surface area contributed by atoms with E-state index in [2.05, 4.69) is 55.8 Å². The molecule has 7 nitrogen and oxygen atoms in total. The average Bonchev–Trinajstić information content (AvgIpc) is 3.12. The topological polar surface area (TPSA) is 67.2 Å². The van der Waals surface area contributed by atoms with Crippen LogP contribution in [0.4, 0.5) is 5.95 Å². The Labute approximate surface area is 164 Å². The van der Waals surface area contributed by atoms with Crippen molar-refractivity contribution in [2.75, 3.05) is 31.1 Å². The second-order valence-corrected chi connectivity index (χ2v) is 7.13. The molecule has 1 fully saturated rings. The smallest absolute Gasteiger partial charge is 0.227 e. The Morgan fingerprint density at radius 2 is 1.89 bits per heavy atom. The fourth-order valence-corrected chi connectivity index (χ4v) is 3.60. The summed E-state index contributed by atoms with van der Waals surface area (Å²) >= 11 is 0. The average molecular weight is 376 g/mol. The number of benzene rings is 1. The zero-order chi connectivity index (χ0) is 19.5. The summed E-state index contributed by atoms with van der Waals surface area (Å²) < 4.78 is 2.15. The van der Waals surface area contributed by atoms with E-state index in [0.29, 0.717) is 19.6 Å². The van der Waals surface area contributed by atoms with Crippen molar-refractivity contribution in [2.45, 2.75) is 20.4 Å². The first-order valence-corrected chi connectivity index (χ1v) is 9.51. The van der Waals surface area contributed by atoms with Crippen LogP contribution in [0.5, 0.6) is 0 Å². The van der Waals surface area contributed by atoms with Crippen molar-refractivity contribution in [1.29, 1.82) is 0 Å². The van der Waals surface area contributed by atoms with Crippen LogP contribution in [0.1, 0.15) is 18.1 Å². The fourth-order valence-electron chi connectivity index (χ4n) is 3.60. The molecule has 3 aromatic rings. The van der Waals surface area contributed by atoms with Crippen LogP contribution in [0.3, 0.4) is 0 Å². The first kappa shape index (κ1) is 18.2. The molecular formula is C21H24N6O. The molecule has 4 rings (SSSR count). The van der Waals surface area contributed by atoms with E-state index in [-0.39, 0.29) is 5.91 Å². The number of piperazine rings is 1. The van der Waals surface area contributed by atoms with Crippen molar-refractivity contribution in [3.63, 3.8) is 0 Å². The molecule has 1 aromatic carbocycles. The molecule has 1 amide bonds. The third-order valence-corrected chi connectivity index (χ3v) is 5.08. The van der Waals surface area contributed by atoms with Crippen LogP contribution in [0.25, 0.3) is 11.4 Å². The molecular weight excluding hydrogens is 352 g/mol. The number of nitrogens with zero attached hydrogens (tertiary/aromatic N) is 6. The summed E-state index contributed by atoms with van der Waals surface area (Å²) in [5.41, 5.74) is 3.37. The predicted molar refractivity (Wildman–Crippen MR) is 108 cm³/mol. The lowest BCUT2D eigenvalue weighted by molar-refractivity contribution is -0.129. The summed E-state index contributed by atoms with van der Waals surface area (Å²) in [4.78, 5) is 20.0. The van der Waals surface area contributed by atoms with Crippen molar-refractivity contribution < 1.29 is 4.79 Å². The lowest BCUT2D eigenvalue weighted by Crippen LogP contribution is -2.48. The standard InChI is InChI=1S/C21H24N6O/c1-16-5-3-6-18(13-16)15-27-20(19-7-4-8-22-14-19)23-24-21(27)26-11-9-25(10-12-26)17(2)28/h3-8,13-14H,9-12,15H2,1-2H3. The fraction of sp³-hybridized carbons (Fsp3) is 0.333. The number of hydrogen-bond acceptors (Lipinski definition) is 5. The summed E-state index contributed by atoms with van der Waals surface area (Å²) in [5.74, 6) is 1.76. The third kappa shape index (κ3) is 3.74. The summed E-state index contributed by atoms with van der Waals surface area (Å²) in [7, 11) is 0. The van der Waals surface area contributed by atoms with Gasteiger partial charge in [0.1, 0.15) is 0 Å². The van der Waals surface area contributed by atoms with E-state index in [0.717, 1.165) is 30.4 Å². The number of hydrogen-bond donors (Lipinski definition) is 0. The number of anilines is 1. The molecule has 3 heterocycles. The number of aromatic nitrogens is 4. The predicted octanol–water partition coefficient (Wildman–Crippen LogP) is 2.37. The van der Waals surface area contributed by atoms with Gasteiger partial charge in [-0.1, -0.05) is 29.8 Å². The van der Waals surface area contributed by atoms with E-state index in [1.165, 1.54) is 11.1 Å². The summed E-state index contributed by atoms with van der Waals surface area (Å²) in [6.45, 7) is 7.30. The number of carbonyl (C=O) groups excluding carboxylic acids is 1. The van der Waals surface area contributed by atoms with Crippen LogP contribution in [0.15, 0.2) is 48.8 Å². The zero-order valence-corrected chi connectivity index (χ0v) is 16.2. The Morgan fingerprint density at radius 1 is 1.07 bits per heavy atom. The van der Waals surface area contributed by atoms with Gasteiger partial charge in [0.2, 0.25) is 11.9 Å². The monoisotopic (exact) mass is 376 g/mol. The summed E-state index contributed by atoms with van der Waals surface area (Å²) in [5, 5.41) is 9.00. The molecule has 1 aliphatic rings. The van der Waals surface area contributed by atoms with Gasteiger partial charge in [-0.25, -0.2) is 0 Å². The van der Waals surface area contributed by atoms with E-state index >= 15 is 0 Å². The van der Waals surface area contributed by atoms with Crippen LogP contribution in [0, 0.1) is 6.92 Å². The van der Waals surface area contributed by atoms with Crippen molar-refractivity contribution >= 4 is 11.9 Å². The van der Waals surface area contributed by atoms with Crippen molar-refractivity contribution in [1.82, 2.24) is 24.6 Å². The van der Waals surface area contributed by atoms with Gasteiger partial charge in [-0.15, -0.1) is 10.2 Å². The van der Waals surface area contributed by atoms with E-state index in [4.69, 9.17) is 0 Å². The molecule has 0 spiro atoms. The summed E-state index contributed by atoms with van der Waals surface area (Å²) in [6, 6.07) is 12.4.